The Morgan fingerprint density at radius 1 is 0.977 bits per heavy atom. The van der Waals surface area contributed by atoms with Crippen molar-refractivity contribution in [2.75, 3.05) is 25.0 Å². The fraction of sp³-hybridized carbons (Fsp3) is 0.400. The van der Waals surface area contributed by atoms with E-state index in [0.29, 0.717) is 43.7 Å². The number of aromatic nitrogens is 2. The summed E-state index contributed by atoms with van der Waals surface area (Å²) < 4.78 is 0. The largest absolute Gasteiger partial charge is 0.340 e. The lowest BCUT2D eigenvalue weighted by Crippen LogP contribution is -2.59. The predicted molar refractivity (Wildman–Crippen MR) is 168 cm³/mol. The number of pyridine rings is 2. The molecule has 7 bridgehead atoms. The van der Waals surface area contributed by atoms with E-state index in [2.05, 4.69) is 63.2 Å². The van der Waals surface area contributed by atoms with Crippen LogP contribution in [0.15, 0.2) is 60.9 Å². The van der Waals surface area contributed by atoms with Crippen LogP contribution < -0.4 is 16.0 Å². The zero-order chi connectivity index (χ0) is 30.3. The van der Waals surface area contributed by atoms with Crippen molar-refractivity contribution in [1.29, 1.82) is 0 Å². The summed E-state index contributed by atoms with van der Waals surface area (Å²) in [5, 5.41) is 9.55. The number of hydrogen-bond acceptors (Lipinski definition) is 6. The molecule has 9 nitrogen and oxygen atoms in total. The van der Waals surface area contributed by atoms with E-state index in [9.17, 15) is 14.4 Å². The van der Waals surface area contributed by atoms with E-state index in [1.807, 2.05) is 29.2 Å². The van der Waals surface area contributed by atoms with Crippen molar-refractivity contribution in [2.45, 2.75) is 68.9 Å². The third kappa shape index (κ3) is 5.09. The van der Waals surface area contributed by atoms with Gasteiger partial charge in [0.2, 0.25) is 11.8 Å². The van der Waals surface area contributed by atoms with Crippen LogP contribution in [0.3, 0.4) is 0 Å². The van der Waals surface area contributed by atoms with E-state index in [0.717, 1.165) is 53.8 Å². The maximum Gasteiger partial charge on any atom is 0.253 e. The highest BCUT2D eigenvalue weighted by molar-refractivity contribution is 6.06. The molecule has 3 N–H and O–H groups in total. The number of nitrogens with one attached hydrogen (secondary N) is 3. The minimum absolute atomic E-state index is 0.00225. The molecule has 3 amide bonds. The minimum Gasteiger partial charge on any atom is -0.340 e. The van der Waals surface area contributed by atoms with Crippen LogP contribution in [0.4, 0.5) is 5.82 Å². The molecular formula is C35H38N6O3. The standard InChI is InChI=1S/C35H38N6O3/c1-22-27(24-10-6-4-7-11-24)17-29-33(43)41(22)14-13-36-12-8-3-2-5-9-23-15-28-31(38-20-23)40-34(44)35(28)18-25-16-26(32(42)39-29)21-37-30(25)19-35/h4-7,9-11,15-16,20-22,27,29,36H,2-3,8,12-14,17-19H2,1H3,(H,39,42)(H,38,40,44)/t22?,27?,29?,35-/m0/s1. The van der Waals surface area contributed by atoms with Gasteiger partial charge < -0.3 is 20.9 Å². The lowest BCUT2D eigenvalue weighted by atomic mass is 9.79. The highest BCUT2D eigenvalue weighted by Crippen LogP contribution is 2.46. The molecule has 5 heterocycles. The van der Waals surface area contributed by atoms with Gasteiger partial charge in [0.25, 0.3) is 5.91 Å². The predicted octanol–water partition coefficient (Wildman–Crippen LogP) is 3.76. The van der Waals surface area contributed by atoms with Gasteiger partial charge in [0.05, 0.1) is 11.0 Å². The minimum atomic E-state index is -0.793. The number of carbonyl (C=O) groups is 3. The van der Waals surface area contributed by atoms with E-state index in [1.54, 1.807) is 12.4 Å². The van der Waals surface area contributed by atoms with Crippen LogP contribution in [0.1, 0.15) is 76.8 Å². The lowest BCUT2D eigenvalue weighted by molar-refractivity contribution is -0.139. The highest BCUT2D eigenvalue weighted by atomic mass is 16.2. The second-order valence-electron chi connectivity index (χ2n) is 12.6. The van der Waals surface area contributed by atoms with Crippen molar-refractivity contribution in [1.82, 2.24) is 25.5 Å². The Hall–Kier alpha value is -4.37. The number of carbonyl (C=O) groups excluding carboxylic acids is 3. The Morgan fingerprint density at radius 2 is 1.84 bits per heavy atom. The molecule has 3 aromatic rings. The first-order valence-electron chi connectivity index (χ1n) is 15.8. The van der Waals surface area contributed by atoms with Gasteiger partial charge in [-0.25, -0.2) is 4.98 Å². The van der Waals surface area contributed by atoms with Gasteiger partial charge >= 0.3 is 0 Å². The molecule has 7 rings (SSSR count). The van der Waals surface area contributed by atoms with E-state index in [1.165, 1.54) is 0 Å². The number of anilines is 1. The molecule has 4 atom stereocenters. The summed E-state index contributed by atoms with van der Waals surface area (Å²) in [4.78, 5) is 52.0. The van der Waals surface area contributed by atoms with Crippen LogP contribution in [0.25, 0.3) is 6.08 Å². The summed E-state index contributed by atoms with van der Waals surface area (Å²) in [6.45, 7) is 4.25. The molecule has 3 aliphatic heterocycles. The Bertz CT molecular complexity index is 1640. The molecule has 1 aliphatic carbocycles. The average molecular weight is 591 g/mol. The Kier molecular flexibility index (Phi) is 7.50. The van der Waals surface area contributed by atoms with Crippen LogP contribution in [0.2, 0.25) is 0 Å². The quantitative estimate of drug-likeness (QED) is 0.398. The molecule has 9 heteroatoms. The average Bonchev–Trinajstić information content (AvgIpc) is 3.55. The van der Waals surface area contributed by atoms with E-state index in [4.69, 9.17) is 0 Å². The summed E-state index contributed by atoms with van der Waals surface area (Å²) in [6.07, 6.45) is 12.1. The van der Waals surface area contributed by atoms with Gasteiger partial charge in [-0.15, -0.1) is 0 Å². The molecule has 4 aliphatic rings. The summed E-state index contributed by atoms with van der Waals surface area (Å²) in [7, 11) is 0. The van der Waals surface area contributed by atoms with E-state index < -0.39 is 11.5 Å². The Morgan fingerprint density at radius 3 is 2.70 bits per heavy atom. The number of hydrogen-bond donors (Lipinski definition) is 3. The van der Waals surface area contributed by atoms with Crippen molar-refractivity contribution >= 4 is 29.6 Å². The van der Waals surface area contributed by atoms with Crippen LogP contribution >= 0.6 is 0 Å². The van der Waals surface area contributed by atoms with E-state index in [-0.39, 0.29) is 29.7 Å². The number of benzene rings is 1. The van der Waals surface area contributed by atoms with Gasteiger partial charge in [0, 0.05) is 55.1 Å². The number of amides is 3. The number of rotatable bonds is 1. The first-order valence-corrected chi connectivity index (χ1v) is 15.8. The zero-order valence-corrected chi connectivity index (χ0v) is 25.0. The second-order valence-corrected chi connectivity index (χ2v) is 12.6. The first kappa shape index (κ1) is 28.4. The van der Waals surface area contributed by atoms with Gasteiger partial charge in [0.1, 0.15) is 11.9 Å². The smallest absolute Gasteiger partial charge is 0.253 e. The van der Waals surface area contributed by atoms with Gasteiger partial charge in [0.15, 0.2) is 0 Å². The zero-order valence-electron chi connectivity index (χ0n) is 25.0. The molecule has 0 radical (unpaired) electrons. The third-order valence-electron chi connectivity index (χ3n) is 9.87. The van der Waals surface area contributed by atoms with Gasteiger partial charge in [-0.2, -0.15) is 0 Å². The molecule has 0 saturated carbocycles. The van der Waals surface area contributed by atoms with Gasteiger partial charge in [-0.3, -0.25) is 19.4 Å². The fourth-order valence-electron chi connectivity index (χ4n) is 7.40. The van der Waals surface area contributed by atoms with E-state index >= 15 is 0 Å². The number of piperidine rings is 1. The molecule has 2 aromatic heterocycles. The molecule has 1 aromatic carbocycles. The van der Waals surface area contributed by atoms with Crippen molar-refractivity contribution in [3.05, 3.63) is 94.4 Å². The van der Waals surface area contributed by atoms with Gasteiger partial charge in [-0.05, 0) is 74.4 Å². The van der Waals surface area contributed by atoms with Crippen LogP contribution in [0.5, 0.6) is 0 Å². The molecular weight excluding hydrogens is 552 g/mol. The molecule has 1 fully saturated rings. The Balaban J connectivity index is 1.21. The monoisotopic (exact) mass is 590 g/mol. The van der Waals surface area contributed by atoms with Crippen LogP contribution in [-0.2, 0) is 27.8 Å². The SMILES string of the molecule is CC1C(c2ccccc2)CC2NC(=O)c3cnc4c(c3)C[C@@]3(C4)C(=O)Nc4ncc(cc43)C=CCCCCNCCN1C2=O. The van der Waals surface area contributed by atoms with Crippen molar-refractivity contribution in [3.8, 4) is 0 Å². The summed E-state index contributed by atoms with van der Waals surface area (Å²) in [5.74, 6) is 0.227. The lowest BCUT2D eigenvalue weighted by Gasteiger charge is -2.43. The number of fused-ring (bicyclic) bond motifs is 4. The van der Waals surface area contributed by atoms with Crippen LogP contribution in [-0.4, -0.2) is 64.3 Å². The molecule has 1 spiro atoms. The third-order valence-corrected chi connectivity index (χ3v) is 9.87. The number of allylic oxidation sites excluding steroid dienone is 1. The summed E-state index contributed by atoms with van der Waals surface area (Å²) >= 11 is 0. The molecule has 44 heavy (non-hydrogen) atoms. The first-order chi connectivity index (χ1) is 21.4. The highest BCUT2D eigenvalue weighted by Gasteiger charge is 2.52. The molecule has 1 saturated heterocycles. The normalized spacial score (nSPS) is 27.0. The van der Waals surface area contributed by atoms with Crippen molar-refractivity contribution in [3.63, 3.8) is 0 Å². The second kappa shape index (κ2) is 11.6. The number of nitrogens with zero attached hydrogens (tertiary/aromatic N) is 3. The van der Waals surface area contributed by atoms with Crippen LogP contribution in [0, 0.1) is 0 Å². The molecule has 3 unspecified atom stereocenters. The summed E-state index contributed by atoms with van der Waals surface area (Å²) in [6, 6.07) is 13.5. The Labute approximate surface area is 257 Å². The van der Waals surface area contributed by atoms with Crippen molar-refractivity contribution in [2.24, 2.45) is 0 Å². The fourth-order valence-corrected chi connectivity index (χ4v) is 7.40. The topological polar surface area (TPSA) is 116 Å². The maximum atomic E-state index is 13.8. The van der Waals surface area contributed by atoms with Crippen molar-refractivity contribution < 1.29 is 14.4 Å². The summed E-state index contributed by atoms with van der Waals surface area (Å²) in [5.41, 5.74) is 4.31. The molecule has 226 valence electrons. The maximum absolute atomic E-state index is 13.8. The van der Waals surface area contributed by atoms with Gasteiger partial charge in [-0.1, -0.05) is 42.5 Å².